The highest BCUT2D eigenvalue weighted by Crippen LogP contribution is 2.31. The molecule has 6 nitrogen and oxygen atoms in total. The predicted molar refractivity (Wildman–Crippen MR) is 132 cm³/mol. The van der Waals surface area contributed by atoms with Crippen LogP contribution in [0.1, 0.15) is 49.7 Å². The molecule has 2 aromatic carbocycles. The third-order valence-electron chi connectivity index (χ3n) is 7.08. The molecular formula is C28H36N2O4. The monoisotopic (exact) mass is 464 g/mol. The molecule has 2 aliphatic rings. The molecule has 34 heavy (non-hydrogen) atoms. The highest BCUT2D eigenvalue weighted by molar-refractivity contribution is 5.80. The molecule has 2 atom stereocenters. The molecular weight excluding hydrogens is 428 g/mol. The molecule has 0 aliphatic carbocycles. The fourth-order valence-corrected chi connectivity index (χ4v) is 5.21. The number of rotatable bonds is 9. The Hall–Kier alpha value is -3.02. The Bertz CT molecular complexity index is 1010. The molecule has 2 saturated heterocycles. The van der Waals surface area contributed by atoms with Crippen molar-refractivity contribution in [3.63, 3.8) is 0 Å². The van der Waals surface area contributed by atoms with E-state index in [1.807, 2.05) is 41.3 Å². The Kier molecular flexibility index (Phi) is 7.76. The third kappa shape index (κ3) is 6.31. The lowest BCUT2D eigenvalue weighted by Crippen LogP contribution is -2.46. The molecule has 2 aromatic rings. The number of nitrogens with zero attached hydrogens (tertiary/aromatic N) is 1. The summed E-state index contributed by atoms with van der Waals surface area (Å²) in [4.78, 5) is 27.3. The number of hydrogen-bond acceptors (Lipinski definition) is 4. The first kappa shape index (κ1) is 24.1. The van der Waals surface area contributed by atoms with Crippen molar-refractivity contribution in [1.29, 1.82) is 0 Å². The Morgan fingerprint density at radius 2 is 2.00 bits per heavy atom. The first-order valence-electron chi connectivity index (χ1n) is 12.4. The van der Waals surface area contributed by atoms with Gasteiger partial charge in [0.25, 0.3) is 0 Å². The molecule has 2 fully saturated rings. The van der Waals surface area contributed by atoms with Crippen molar-refractivity contribution < 1.29 is 19.1 Å². The first-order valence-corrected chi connectivity index (χ1v) is 12.4. The van der Waals surface area contributed by atoms with Gasteiger partial charge in [0.05, 0.1) is 13.7 Å². The van der Waals surface area contributed by atoms with Gasteiger partial charge in [-0.2, -0.15) is 0 Å². The average Bonchev–Trinajstić information content (AvgIpc) is 3.22. The van der Waals surface area contributed by atoms with Crippen LogP contribution in [0.2, 0.25) is 0 Å². The van der Waals surface area contributed by atoms with Crippen molar-refractivity contribution in [2.24, 2.45) is 5.92 Å². The van der Waals surface area contributed by atoms with Gasteiger partial charge in [-0.05, 0) is 74.4 Å². The molecule has 2 amide bonds. The van der Waals surface area contributed by atoms with Gasteiger partial charge in [0, 0.05) is 37.4 Å². The van der Waals surface area contributed by atoms with Crippen LogP contribution in [0.4, 0.5) is 0 Å². The number of carbonyl (C=O) groups is 2. The summed E-state index contributed by atoms with van der Waals surface area (Å²) < 4.78 is 11.4. The summed E-state index contributed by atoms with van der Waals surface area (Å²) in [7, 11) is 1.66. The zero-order valence-electron chi connectivity index (χ0n) is 20.3. The third-order valence-corrected chi connectivity index (χ3v) is 7.08. The summed E-state index contributed by atoms with van der Waals surface area (Å²) in [6, 6.07) is 16.0. The minimum Gasteiger partial charge on any atom is -0.497 e. The summed E-state index contributed by atoms with van der Waals surface area (Å²) in [5, 5.41) is 3.19. The molecule has 182 valence electrons. The van der Waals surface area contributed by atoms with Gasteiger partial charge in [-0.3, -0.25) is 9.59 Å². The number of benzene rings is 2. The minimum absolute atomic E-state index is 0.0710. The second-order valence-corrected chi connectivity index (χ2v) is 9.83. The summed E-state index contributed by atoms with van der Waals surface area (Å²) in [5.41, 5.74) is 1.92. The summed E-state index contributed by atoms with van der Waals surface area (Å²) in [6.45, 7) is 4.22. The van der Waals surface area contributed by atoms with Gasteiger partial charge in [0.2, 0.25) is 11.8 Å². The lowest BCUT2D eigenvalue weighted by Gasteiger charge is -2.34. The fraction of sp³-hybridized carbons (Fsp3) is 0.500. The standard InChI is InChI=1S/C28H36N2O4/c1-21-6-3-10-25(16-21)34-20-23-8-5-15-30(19-23)27(32)12-14-28(13-11-26(31)29-28)18-22-7-4-9-24(17-22)33-2/h3-4,6-7,9-10,16-17,23H,5,8,11-15,18-20H2,1-2H3,(H,29,31)/t23-,28+/m0/s1. The predicted octanol–water partition coefficient (Wildman–Crippen LogP) is 4.29. The Morgan fingerprint density at radius 3 is 2.76 bits per heavy atom. The Morgan fingerprint density at radius 1 is 1.18 bits per heavy atom. The highest BCUT2D eigenvalue weighted by Gasteiger charge is 2.38. The normalized spacial score (nSPS) is 22.4. The maximum absolute atomic E-state index is 13.1. The van der Waals surface area contributed by atoms with Crippen molar-refractivity contribution in [3.8, 4) is 11.5 Å². The topological polar surface area (TPSA) is 67.9 Å². The number of piperidine rings is 1. The van der Waals surface area contributed by atoms with E-state index in [-0.39, 0.29) is 17.4 Å². The van der Waals surface area contributed by atoms with Crippen LogP contribution in [0.5, 0.6) is 11.5 Å². The van der Waals surface area contributed by atoms with E-state index in [1.165, 1.54) is 5.56 Å². The maximum atomic E-state index is 13.1. The van der Waals surface area contributed by atoms with Crippen molar-refractivity contribution >= 4 is 11.8 Å². The van der Waals surface area contributed by atoms with E-state index in [1.54, 1.807) is 7.11 Å². The quantitative estimate of drug-likeness (QED) is 0.601. The molecule has 0 aromatic heterocycles. The molecule has 0 unspecified atom stereocenters. The minimum atomic E-state index is -0.372. The van der Waals surface area contributed by atoms with Crippen LogP contribution >= 0.6 is 0 Å². The van der Waals surface area contributed by atoms with Crippen molar-refractivity contribution in [2.75, 3.05) is 26.8 Å². The van der Waals surface area contributed by atoms with Crippen LogP contribution in [0.15, 0.2) is 48.5 Å². The van der Waals surface area contributed by atoms with Crippen molar-refractivity contribution in [3.05, 3.63) is 59.7 Å². The van der Waals surface area contributed by atoms with E-state index in [4.69, 9.17) is 9.47 Å². The lowest BCUT2D eigenvalue weighted by atomic mass is 9.84. The zero-order valence-corrected chi connectivity index (χ0v) is 20.3. The Labute approximate surface area is 202 Å². The van der Waals surface area contributed by atoms with Crippen LogP contribution in [-0.4, -0.2) is 49.1 Å². The summed E-state index contributed by atoms with van der Waals surface area (Å²) in [5.74, 6) is 2.28. The van der Waals surface area contributed by atoms with Gasteiger partial charge in [-0.25, -0.2) is 0 Å². The zero-order chi connectivity index (χ0) is 24.0. The van der Waals surface area contributed by atoms with E-state index in [9.17, 15) is 9.59 Å². The molecule has 1 N–H and O–H groups in total. The van der Waals surface area contributed by atoms with Crippen LogP contribution < -0.4 is 14.8 Å². The van der Waals surface area contributed by atoms with E-state index < -0.39 is 0 Å². The van der Waals surface area contributed by atoms with Crippen LogP contribution in [-0.2, 0) is 16.0 Å². The van der Waals surface area contributed by atoms with Crippen LogP contribution in [0.3, 0.4) is 0 Å². The van der Waals surface area contributed by atoms with Gasteiger partial charge >= 0.3 is 0 Å². The summed E-state index contributed by atoms with van der Waals surface area (Å²) >= 11 is 0. The van der Waals surface area contributed by atoms with Crippen LogP contribution in [0.25, 0.3) is 0 Å². The molecule has 0 spiro atoms. The number of carbonyl (C=O) groups excluding carboxylic acids is 2. The van der Waals surface area contributed by atoms with Gasteiger partial charge < -0.3 is 19.7 Å². The average molecular weight is 465 g/mol. The second-order valence-electron chi connectivity index (χ2n) is 9.83. The second kappa shape index (κ2) is 10.9. The smallest absolute Gasteiger partial charge is 0.222 e. The number of amides is 2. The van der Waals surface area contributed by atoms with E-state index in [0.29, 0.717) is 38.2 Å². The van der Waals surface area contributed by atoms with Gasteiger partial charge in [0.15, 0.2) is 0 Å². The summed E-state index contributed by atoms with van der Waals surface area (Å²) in [6.07, 6.45) is 5.13. The molecule has 0 saturated carbocycles. The van der Waals surface area contributed by atoms with Gasteiger partial charge in [-0.1, -0.05) is 24.3 Å². The molecule has 4 rings (SSSR count). The largest absolute Gasteiger partial charge is 0.497 e. The molecule has 0 bridgehead atoms. The Balaban J connectivity index is 1.32. The highest BCUT2D eigenvalue weighted by atomic mass is 16.5. The number of methoxy groups -OCH3 is 1. The number of likely N-dealkylation sites (tertiary alicyclic amines) is 1. The fourth-order valence-electron chi connectivity index (χ4n) is 5.21. The van der Waals surface area contributed by atoms with Crippen molar-refractivity contribution in [1.82, 2.24) is 10.2 Å². The molecule has 2 heterocycles. The molecule has 0 radical (unpaired) electrons. The van der Waals surface area contributed by atoms with Gasteiger partial charge in [-0.15, -0.1) is 0 Å². The van der Waals surface area contributed by atoms with E-state index >= 15 is 0 Å². The number of ether oxygens (including phenoxy) is 2. The first-order chi connectivity index (χ1) is 16.4. The number of aryl methyl sites for hydroxylation is 1. The maximum Gasteiger partial charge on any atom is 0.222 e. The lowest BCUT2D eigenvalue weighted by molar-refractivity contribution is -0.134. The van der Waals surface area contributed by atoms with Gasteiger partial charge in [0.1, 0.15) is 11.5 Å². The van der Waals surface area contributed by atoms with Crippen LogP contribution in [0, 0.1) is 12.8 Å². The van der Waals surface area contributed by atoms with Crippen molar-refractivity contribution in [2.45, 2.75) is 57.4 Å². The molecule has 6 heteroatoms. The van der Waals surface area contributed by atoms with E-state index in [0.717, 1.165) is 49.4 Å². The number of nitrogens with one attached hydrogen (secondary N) is 1. The van der Waals surface area contributed by atoms with E-state index in [2.05, 4.69) is 24.4 Å². The SMILES string of the molecule is COc1cccc(C[C@]2(CCC(=O)N3CCC[C@H](COc4cccc(C)c4)C3)CCC(=O)N2)c1. The molecule has 2 aliphatic heterocycles. The number of hydrogen-bond donors (Lipinski definition) is 1.